The largest absolute Gasteiger partial charge is 0.310 e. The molecule has 0 aliphatic heterocycles. The molecule has 0 spiro atoms. The molecule has 0 bridgehead atoms. The fraction of sp³-hybridized carbons (Fsp3) is 0.571. The molecule has 1 aliphatic rings. The predicted octanol–water partition coefficient (Wildman–Crippen LogP) is 2.41. The van der Waals surface area contributed by atoms with Crippen LogP contribution in [0.4, 0.5) is 0 Å². The highest BCUT2D eigenvalue weighted by Crippen LogP contribution is 2.28. The van der Waals surface area contributed by atoms with Gasteiger partial charge < -0.3 is 5.32 Å². The molecule has 19 heavy (non-hydrogen) atoms. The Hall–Kier alpha value is -1.07. The highest BCUT2D eigenvalue weighted by atomic mass is 32.2. The zero-order valence-electron chi connectivity index (χ0n) is 11.5. The first-order valence-electron chi connectivity index (χ1n) is 6.81. The molecular weight excluding hydrogens is 256 g/mol. The lowest BCUT2D eigenvalue weighted by Gasteiger charge is -2.12. The molecule has 102 valence electrons. The van der Waals surface area contributed by atoms with E-state index in [4.69, 9.17) is 0 Å². The number of fused-ring (bicyclic) bond motifs is 1. The molecule has 2 atom stereocenters. The summed E-state index contributed by atoms with van der Waals surface area (Å²) in [6.45, 7) is 2.88. The van der Waals surface area contributed by atoms with E-state index in [1.54, 1.807) is 0 Å². The van der Waals surface area contributed by atoms with Crippen LogP contribution in [0.2, 0.25) is 0 Å². The summed E-state index contributed by atoms with van der Waals surface area (Å²) in [4.78, 5) is 4.43. The molecule has 0 aromatic carbocycles. The SMILES string of the molecule is CSC1CCC(NCc2cnc3cc(C)nn3c2)C1. The van der Waals surface area contributed by atoms with Crippen LogP contribution in [0.15, 0.2) is 18.5 Å². The minimum absolute atomic E-state index is 0.660. The maximum absolute atomic E-state index is 4.43. The summed E-state index contributed by atoms with van der Waals surface area (Å²) in [6, 6.07) is 2.66. The van der Waals surface area contributed by atoms with Crippen LogP contribution in [0, 0.1) is 6.92 Å². The number of nitrogens with one attached hydrogen (secondary N) is 1. The van der Waals surface area contributed by atoms with Gasteiger partial charge in [0, 0.05) is 41.9 Å². The molecule has 2 aromatic rings. The van der Waals surface area contributed by atoms with Crippen LogP contribution in [-0.2, 0) is 6.54 Å². The van der Waals surface area contributed by atoms with Gasteiger partial charge in [0.2, 0.25) is 0 Å². The van der Waals surface area contributed by atoms with Crippen molar-refractivity contribution >= 4 is 17.4 Å². The van der Waals surface area contributed by atoms with Crippen LogP contribution < -0.4 is 5.32 Å². The lowest BCUT2D eigenvalue weighted by molar-refractivity contribution is 0.523. The Morgan fingerprint density at radius 2 is 2.37 bits per heavy atom. The van der Waals surface area contributed by atoms with Gasteiger partial charge in [0.25, 0.3) is 0 Å². The van der Waals surface area contributed by atoms with E-state index in [2.05, 4.69) is 27.9 Å². The fourth-order valence-corrected chi connectivity index (χ4v) is 3.52. The summed E-state index contributed by atoms with van der Waals surface area (Å²) in [5.41, 5.74) is 3.13. The van der Waals surface area contributed by atoms with Gasteiger partial charge in [-0.3, -0.25) is 0 Å². The summed E-state index contributed by atoms with van der Waals surface area (Å²) in [5, 5.41) is 8.88. The number of thioether (sulfide) groups is 1. The Balaban J connectivity index is 1.62. The topological polar surface area (TPSA) is 42.2 Å². The molecule has 2 heterocycles. The van der Waals surface area contributed by atoms with Crippen molar-refractivity contribution in [3.63, 3.8) is 0 Å². The molecule has 2 aromatic heterocycles. The van der Waals surface area contributed by atoms with Crippen molar-refractivity contribution in [2.45, 2.75) is 44.0 Å². The van der Waals surface area contributed by atoms with Crippen molar-refractivity contribution in [2.24, 2.45) is 0 Å². The first-order valence-corrected chi connectivity index (χ1v) is 8.10. The summed E-state index contributed by atoms with van der Waals surface area (Å²) in [7, 11) is 0. The molecule has 2 unspecified atom stereocenters. The monoisotopic (exact) mass is 276 g/mol. The molecule has 0 radical (unpaired) electrons. The van der Waals surface area contributed by atoms with Gasteiger partial charge in [-0.05, 0) is 32.4 Å². The Kier molecular flexibility index (Phi) is 3.75. The second-order valence-corrected chi connectivity index (χ2v) is 6.44. The number of rotatable bonds is 4. The Morgan fingerprint density at radius 3 is 3.16 bits per heavy atom. The first kappa shape index (κ1) is 12.9. The van der Waals surface area contributed by atoms with Crippen LogP contribution in [0.25, 0.3) is 5.65 Å². The Bertz CT molecular complexity index is 566. The van der Waals surface area contributed by atoms with Crippen molar-refractivity contribution < 1.29 is 0 Å². The smallest absolute Gasteiger partial charge is 0.155 e. The molecule has 0 saturated heterocycles. The van der Waals surface area contributed by atoms with Gasteiger partial charge in [-0.2, -0.15) is 16.9 Å². The van der Waals surface area contributed by atoms with Crippen LogP contribution in [-0.4, -0.2) is 32.1 Å². The summed E-state index contributed by atoms with van der Waals surface area (Å²) >= 11 is 2.00. The van der Waals surface area contributed by atoms with E-state index in [-0.39, 0.29) is 0 Å². The zero-order valence-corrected chi connectivity index (χ0v) is 12.3. The quantitative estimate of drug-likeness (QED) is 0.931. The summed E-state index contributed by atoms with van der Waals surface area (Å²) in [5.74, 6) is 0. The van der Waals surface area contributed by atoms with Gasteiger partial charge in [0.15, 0.2) is 5.65 Å². The maximum atomic E-state index is 4.43. The third-order valence-corrected chi connectivity index (χ3v) is 4.90. The number of nitrogens with zero attached hydrogens (tertiary/aromatic N) is 3. The standard InChI is InChI=1S/C14H20N4S/c1-10-5-14-16-8-11(9-18(14)17-10)7-15-12-3-4-13(6-12)19-2/h5,8-9,12-13,15H,3-4,6-7H2,1-2H3. The van der Waals surface area contributed by atoms with Crippen LogP contribution >= 0.6 is 11.8 Å². The molecule has 3 rings (SSSR count). The van der Waals surface area contributed by atoms with Gasteiger partial charge in [-0.25, -0.2) is 9.50 Å². The van der Waals surface area contributed by atoms with Crippen molar-refractivity contribution in [1.82, 2.24) is 19.9 Å². The van der Waals surface area contributed by atoms with Gasteiger partial charge >= 0.3 is 0 Å². The maximum Gasteiger partial charge on any atom is 0.155 e. The molecule has 1 N–H and O–H groups in total. The van der Waals surface area contributed by atoms with Crippen LogP contribution in [0.5, 0.6) is 0 Å². The molecule has 1 aliphatic carbocycles. The van der Waals surface area contributed by atoms with Gasteiger partial charge in [0.1, 0.15) is 0 Å². The number of aromatic nitrogens is 3. The lowest BCUT2D eigenvalue weighted by Crippen LogP contribution is -2.26. The average molecular weight is 276 g/mol. The zero-order chi connectivity index (χ0) is 13.2. The average Bonchev–Trinajstić information content (AvgIpc) is 3.00. The number of hydrogen-bond donors (Lipinski definition) is 1. The second kappa shape index (κ2) is 5.51. The highest BCUT2D eigenvalue weighted by molar-refractivity contribution is 7.99. The van der Waals surface area contributed by atoms with Gasteiger partial charge in [0.05, 0.1) is 5.69 Å². The molecule has 4 nitrogen and oxygen atoms in total. The normalized spacial score (nSPS) is 23.3. The van der Waals surface area contributed by atoms with E-state index >= 15 is 0 Å². The van der Waals surface area contributed by atoms with E-state index in [0.717, 1.165) is 23.1 Å². The molecular formula is C14H20N4S. The number of aryl methyl sites for hydroxylation is 1. The van der Waals surface area contributed by atoms with E-state index in [1.807, 2.05) is 35.5 Å². The minimum Gasteiger partial charge on any atom is -0.310 e. The van der Waals surface area contributed by atoms with Gasteiger partial charge in [-0.1, -0.05) is 0 Å². The van der Waals surface area contributed by atoms with Crippen molar-refractivity contribution in [3.8, 4) is 0 Å². The fourth-order valence-electron chi connectivity index (χ4n) is 2.73. The van der Waals surface area contributed by atoms with Crippen LogP contribution in [0.1, 0.15) is 30.5 Å². The lowest BCUT2D eigenvalue weighted by atomic mass is 10.2. The predicted molar refractivity (Wildman–Crippen MR) is 79.5 cm³/mol. The summed E-state index contributed by atoms with van der Waals surface area (Å²) in [6.07, 6.45) is 10.2. The highest BCUT2D eigenvalue weighted by Gasteiger charge is 2.23. The van der Waals surface area contributed by atoms with Gasteiger partial charge in [-0.15, -0.1) is 0 Å². The van der Waals surface area contributed by atoms with Crippen LogP contribution in [0.3, 0.4) is 0 Å². The van der Waals surface area contributed by atoms with E-state index in [0.29, 0.717) is 6.04 Å². The van der Waals surface area contributed by atoms with Crippen molar-refractivity contribution in [3.05, 3.63) is 29.7 Å². The first-order chi connectivity index (χ1) is 9.24. The Labute approximate surface area is 118 Å². The van der Waals surface area contributed by atoms with Crippen molar-refractivity contribution in [2.75, 3.05) is 6.26 Å². The molecule has 1 saturated carbocycles. The van der Waals surface area contributed by atoms with E-state index in [9.17, 15) is 0 Å². The van der Waals surface area contributed by atoms with E-state index < -0.39 is 0 Å². The second-order valence-electron chi connectivity index (χ2n) is 5.30. The summed E-state index contributed by atoms with van der Waals surface area (Å²) < 4.78 is 1.87. The molecule has 1 fully saturated rings. The van der Waals surface area contributed by atoms with Crippen molar-refractivity contribution in [1.29, 1.82) is 0 Å². The minimum atomic E-state index is 0.660. The third kappa shape index (κ3) is 2.92. The third-order valence-electron chi connectivity index (χ3n) is 3.80. The molecule has 0 amide bonds. The number of hydrogen-bond acceptors (Lipinski definition) is 4. The Morgan fingerprint density at radius 1 is 1.47 bits per heavy atom. The molecule has 5 heteroatoms. The van der Waals surface area contributed by atoms with E-state index in [1.165, 1.54) is 24.8 Å².